The number of amides is 1. The van der Waals surface area contributed by atoms with Gasteiger partial charge in [-0.2, -0.15) is 13.2 Å². The van der Waals surface area contributed by atoms with E-state index < -0.39 is 35.9 Å². The molecule has 1 fully saturated rings. The van der Waals surface area contributed by atoms with Crippen molar-refractivity contribution in [1.82, 2.24) is 20.2 Å². The second kappa shape index (κ2) is 12.6. The number of hydrogen-bond donors (Lipinski definition) is 3. The second-order valence-corrected chi connectivity index (χ2v) is 9.09. The molecule has 8 nitrogen and oxygen atoms in total. The molecular weight excluding hydrogens is 513 g/mol. The molecule has 0 bridgehead atoms. The molecule has 1 unspecified atom stereocenters. The van der Waals surface area contributed by atoms with E-state index in [0.29, 0.717) is 11.1 Å². The number of nitrogens with zero attached hydrogens (tertiary/aromatic N) is 2. The van der Waals surface area contributed by atoms with Gasteiger partial charge in [-0.25, -0.2) is 4.98 Å². The van der Waals surface area contributed by atoms with E-state index in [2.05, 4.69) is 26.7 Å². The van der Waals surface area contributed by atoms with Crippen molar-refractivity contribution in [3.63, 3.8) is 0 Å². The van der Waals surface area contributed by atoms with Crippen LogP contribution in [0.15, 0.2) is 59.7 Å². The van der Waals surface area contributed by atoms with E-state index in [1.54, 1.807) is 29.6 Å². The summed E-state index contributed by atoms with van der Waals surface area (Å²) in [5.74, 6) is 3.03. The molecule has 2 heterocycles. The van der Waals surface area contributed by atoms with Crippen LogP contribution in [0.5, 0.6) is 5.75 Å². The highest BCUT2D eigenvalue weighted by Crippen LogP contribution is 2.25. The zero-order chi connectivity index (χ0) is 27.8. The number of morpholine rings is 1. The van der Waals surface area contributed by atoms with Gasteiger partial charge in [0.15, 0.2) is 0 Å². The van der Waals surface area contributed by atoms with Crippen LogP contribution < -0.4 is 10.9 Å². The fourth-order valence-corrected chi connectivity index (χ4v) is 4.10. The summed E-state index contributed by atoms with van der Waals surface area (Å²) in [6, 6.07) is 14.8. The lowest BCUT2D eigenvalue weighted by molar-refractivity contribution is -0.139. The van der Waals surface area contributed by atoms with Crippen LogP contribution in [0.4, 0.5) is 13.2 Å². The number of nitrogens with one attached hydrogen (secondary N) is 2. The summed E-state index contributed by atoms with van der Waals surface area (Å²) in [4.78, 5) is 32.8. The number of rotatable bonds is 7. The van der Waals surface area contributed by atoms with Crippen molar-refractivity contribution in [1.29, 1.82) is 0 Å². The van der Waals surface area contributed by atoms with Crippen molar-refractivity contribution >= 4 is 5.91 Å². The van der Waals surface area contributed by atoms with Crippen LogP contribution in [-0.4, -0.2) is 64.9 Å². The van der Waals surface area contributed by atoms with E-state index in [9.17, 15) is 27.9 Å². The molecule has 3 N–H and O–H groups in total. The molecule has 204 valence electrons. The highest BCUT2D eigenvalue weighted by molar-refractivity contribution is 5.84. The zero-order valence-corrected chi connectivity index (χ0v) is 20.9. The van der Waals surface area contributed by atoms with E-state index in [1.807, 2.05) is 24.3 Å². The number of carbonyl (C=O) groups excluding carboxylic acids is 1. The smallest absolute Gasteiger partial charge is 0.405 e. The average Bonchev–Trinajstić information content (AvgIpc) is 2.92. The highest BCUT2D eigenvalue weighted by atomic mass is 19.4. The van der Waals surface area contributed by atoms with Gasteiger partial charge in [0.25, 0.3) is 5.56 Å². The Morgan fingerprint density at radius 1 is 1.05 bits per heavy atom. The van der Waals surface area contributed by atoms with Gasteiger partial charge in [-0.3, -0.25) is 14.5 Å². The van der Waals surface area contributed by atoms with Gasteiger partial charge in [0.05, 0.1) is 25.5 Å². The predicted octanol–water partition coefficient (Wildman–Crippen LogP) is 2.71. The van der Waals surface area contributed by atoms with Crippen molar-refractivity contribution in [3.05, 3.63) is 93.2 Å². The van der Waals surface area contributed by atoms with Crippen LogP contribution in [-0.2, 0) is 22.5 Å². The summed E-state index contributed by atoms with van der Waals surface area (Å²) in [5.41, 5.74) is 2.13. The summed E-state index contributed by atoms with van der Waals surface area (Å²) in [5, 5.41) is 11.9. The van der Waals surface area contributed by atoms with Crippen LogP contribution >= 0.6 is 0 Å². The molecule has 1 aliphatic heterocycles. The van der Waals surface area contributed by atoms with Crippen LogP contribution in [0.3, 0.4) is 0 Å². The minimum atomic E-state index is -4.62. The van der Waals surface area contributed by atoms with Crippen LogP contribution in [0.2, 0.25) is 0 Å². The lowest BCUT2D eigenvalue weighted by Gasteiger charge is -2.26. The molecular formula is C28H27F3N4O4. The van der Waals surface area contributed by atoms with Crippen molar-refractivity contribution in [2.75, 3.05) is 32.8 Å². The number of aromatic hydroxyl groups is 1. The maximum absolute atomic E-state index is 12.7. The number of aromatic nitrogens is 2. The third-order valence-electron chi connectivity index (χ3n) is 6.18. The van der Waals surface area contributed by atoms with Crippen LogP contribution in [0.1, 0.15) is 33.9 Å². The highest BCUT2D eigenvalue weighted by Gasteiger charge is 2.32. The molecule has 0 aliphatic carbocycles. The summed E-state index contributed by atoms with van der Waals surface area (Å²) in [6.07, 6.45) is -3.73. The molecule has 1 aromatic heterocycles. The Kier molecular flexibility index (Phi) is 9.01. The third kappa shape index (κ3) is 8.17. The fraction of sp³-hybridized carbons (Fsp3) is 0.321. The van der Waals surface area contributed by atoms with Crippen LogP contribution in [0, 0.1) is 11.8 Å². The largest absolute Gasteiger partial charge is 0.502 e. The van der Waals surface area contributed by atoms with Gasteiger partial charge in [-0.15, -0.1) is 0 Å². The normalized spacial score (nSPS) is 14.7. The molecule has 3 aromatic rings. The molecule has 0 radical (unpaired) electrons. The molecule has 39 heavy (non-hydrogen) atoms. The number of alkyl halides is 3. The number of H-pyrrole nitrogens is 1. The lowest BCUT2D eigenvalue weighted by atomic mass is 9.94. The Bertz CT molecular complexity index is 1390. The summed E-state index contributed by atoms with van der Waals surface area (Å²) >= 11 is 0. The Hall–Kier alpha value is -4.14. The second-order valence-electron chi connectivity index (χ2n) is 9.09. The Morgan fingerprint density at radius 3 is 2.23 bits per heavy atom. The first kappa shape index (κ1) is 27.9. The van der Waals surface area contributed by atoms with E-state index in [1.165, 1.54) is 5.56 Å². The Morgan fingerprint density at radius 2 is 1.64 bits per heavy atom. The first-order valence-electron chi connectivity index (χ1n) is 12.3. The third-order valence-corrected chi connectivity index (χ3v) is 6.18. The maximum Gasteiger partial charge on any atom is 0.405 e. The number of benzene rings is 2. The Balaban J connectivity index is 1.44. The molecule has 0 saturated carbocycles. The fourth-order valence-electron chi connectivity index (χ4n) is 4.10. The van der Waals surface area contributed by atoms with Crippen molar-refractivity contribution in [3.8, 4) is 17.6 Å². The first-order valence-corrected chi connectivity index (χ1v) is 12.3. The molecule has 2 aromatic carbocycles. The molecule has 1 saturated heterocycles. The number of carbonyl (C=O) groups is 1. The molecule has 1 amide bonds. The maximum atomic E-state index is 12.7. The van der Waals surface area contributed by atoms with Gasteiger partial charge in [0.1, 0.15) is 12.2 Å². The van der Waals surface area contributed by atoms with Gasteiger partial charge in [-0.05, 0) is 41.8 Å². The number of hydrogen-bond acceptors (Lipinski definition) is 6. The summed E-state index contributed by atoms with van der Waals surface area (Å²) < 4.78 is 43.3. The lowest BCUT2D eigenvalue weighted by Crippen LogP contribution is -2.38. The predicted molar refractivity (Wildman–Crippen MR) is 137 cm³/mol. The molecule has 11 heteroatoms. The van der Waals surface area contributed by atoms with Crippen LogP contribution in [0.25, 0.3) is 0 Å². The minimum Gasteiger partial charge on any atom is -0.502 e. The molecule has 1 atom stereocenters. The number of ether oxygens (including phenoxy) is 1. The molecule has 1 aliphatic rings. The topological polar surface area (TPSA) is 108 Å². The molecule has 0 spiro atoms. The summed E-state index contributed by atoms with van der Waals surface area (Å²) in [6.45, 7) is 2.64. The van der Waals surface area contributed by atoms with E-state index >= 15 is 0 Å². The van der Waals surface area contributed by atoms with Gasteiger partial charge in [-0.1, -0.05) is 36.1 Å². The van der Waals surface area contributed by atoms with Gasteiger partial charge >= 0.3 is 6.18 Å². The van der Waals surface area contributed by atoms with E-state index in [-0.39, 0.29) is 12.1 Å². The van der Waals surface area contributed by atoms with Crippen molar-refractivity contribution in [2.24, 2.45) is 0 Å². The number of aromatic amines is 1. The molecule has 4 rings (SSSR count). The monoisotopic (exact) mass is 540 g/mol. The summed E-state index contributed by atoms with van der Waals surface area (Å²) in [7, 11) is 0. The Labute approximate surface area is 222 Å². The number of halogens is 3. The van der Waals surface area contributed by atoms with Crippen molar-refractivity contribution in [2.45, 2.75) is 25.1 Å². The van der Waals surface area contributed by atoms with E-state index in [4.69, 9.17) is 4.74 Å². The quantitative estimate of drug-likeness (QED) is 0.398. The average molecular weight is 541 g/mol. The minimum absolute atomic E-state index is 0.0913. The SMILES string of the molecule is O=C(NCC(F)(F)F)C(Cc1ccc(C#Cc2ccc(CN3CCOCC3)cc2)cc1)c1nc[nH]c(=O)c1O. The van der Waals surface area contributed by atoms with E-state index in [0.717, 1.165) is 44.7 Å². The zero-order valence-electron chi connectivity index (χ0n) is 20.9. The van der Waals surface area contributed by atoms with Gasteiger partial charge in [0.2, 0.25) is 11.7 Å². The van der Waals surface area contributed by atoms with Crippen molar-refractivity contribution < 1.29 is 27.8 Å². The van der Waals surface area contributed by atoms with Gasteiger partial charge in [0, 0.05) is 30.8 Å². The first-order chi connectivity index (χ1) is 18.7. The van der Waals surface area contributed by atoms with Gasteiger partial charge < -0.3 is 20.1 Å². The standard InChI is InChI=1S/C28H27F3N4O4/c29-28(30,31)17-32-26(37)23(24-25(36)27(38)34-18-33-24)15-21-7-3-19(4-8-21)1-2-20-5-9-22(10-6-20)16-35-11-13-39-14-12-35/h3-10,18,23,36H,11-17H2,(H,32,37)(H,33,34,38).